The molecule has 0 bridgehead atoms. The van der Waals surface area contributed by atoms with Crippen LogP contribution in [0.4, 0.5) is 5.69 Å². The number of ketones is 1. The minimum Gasteiger partial charge on any atom is -0.494 e. The predicted octanol–water partition coefficient (Wildman–Crippen LogP) is 4.72. The van der Waals surface area contributed by atoms with Crippen LogP contribution in [0.25, 0.3) is 5.57 Å². The molecule has 1 heterocycles. The van der Waals surface area contributed by atoms with E-state index in [1.54, 1.807) is 24.4 Å². The van der Waals surface area contributed by atoms with Crippen LogP contribution in [0.3, 0.4) is 0 Å². The molecule has 0 aliphatic heterocycles. The molecule has 0 fully saturated rings. The van der Waals surface area contributed by atoms with Crippen LogP contribution in [0.15, 0.2) is 71.4 Å². The Kier molecular flexibility index (Phi) is 5.49. The number of hydrogen-bond acceptors (Lipinski definition) is 5. The standard InChI is InChI=1S/C21H20N2O3/c1-3-25-18-11-9-17(10-12-18)22-14-19(20-13-15(2)23-26-20)21(24)16-7-5-4-6-8-16/h4-14,22H,3H2,1-2H3/b19-14+. The molecule has 0 amide bonds. The van der Waals surface area contributed by atoms with Gasteiger partial charge in [0.1, 0.15) is 5.75 Å². The van der Waals surface area contributed by atoms with E-state index < -0.39 is 0 Å². The van der Waals surface area contributed by atoms with E-state index in [1.165, 1.54) is 0 Å². The summed E-state index contributed by atoms with van der Waals surface area (Å²) >= 11 is 0. The molecular formula is C21H20N2O3. The minimum atomic E-state index is -0.139. The Morgan fingerprint density at radius 2 is 1.88 bits per heavy atom. The maximum atomic E-state index is 12.9. The predicted molar refractivity (Wildman–Crippen MR) is 101 cm³/mol. The molecule has 3 rings (SSSR count). The number of rotatable bonds is 7. The number of nitrogens with one attached hydrogen (secondary N) is 1. The Morgan fingerprint density at radius 1 is 1.15 bits per heavy atom. The van der Waals surface area contributed by atoms with Crippen LogP contribution < -0.4 is 10.1 Å². The van der Waals surface area contributed by atoms with Crippen LogP contribution in [0.5, 0.6) is 5.75 Å². The topological polar surface area (TPSA) is 64.4 Å². The monoisotopic (exact) mass is 348 g/mol. The van der Waals surface area contributed by atoms with E-state index >= 15 is 0 Å². The third-order valence-corrected chi connectivity index (χ3v) is 3.72. The molecule has 1 aromatic heterocycles. The molecule has 0 aliphatic rings. The SMILES string of the molecule is CCOc1ccc(N/C=C(/C(=O)c2ccccc2)c2cc(C)no2)cc1. The quantitative estimate of drug-likeness (QED) is 0.494. The zero-order valence-electron chi connectivity index (χ0n) is 14.7. The lowest BCUT2D eigenvalue weighted by Crippen LogP contribution is -2.04. The molecule has 0 saturated heterocycles. The zero-order valence-corrected chi connectivity index (χ0v) is 14.7. The van der Waals surface area contributed by atoms with Gasteiger partial charge < -0.3 is 14.6 Å². The molecule has 0 saturated carbocycles. The Morgan fingerprint density at radius 3 is 2.50 bits per heavy atom. The summed E-state index contributed by atoms with van der Waals surface area (Å²) in [4.78, 5) is 12.9. The average Bonchev–Trinajstić information content (AvgIpc) is 3.10. The molecule has 2 aromatic carbocycles. The molecule has 0 radical (unpaired) electrons. The van der Waals surface area contributed by atoms with E-state index in [0.29, 0.717) is 29.2 Å². The highest BCUT2D eigenvalue weighted by molar-refractivity contribution is 6.28. The Bertz CT molecular complexity index is 897. The highest BCUT2D eigenvalue weighted by Crippen LogP contribution is 2.22. The first-order chi connectivity index (χ1) is 12.7. The van der Waals surface area contributed by atoms with Crippen molar-refractivity contribution >= 4 is 17.0 Å². The first-order valence-electron chi connectivity index (χ1n) is 8.40. The number of carbonyl (C=O) groups excluding carboxylic acids is 1. The number of hydrogen-bond donors (Lipinski definition) is 1. The van der Waals surface area contributed by atoms with Crippen molar-refractivity contribution in [3.8, 4) is 5.75 Å². The van der Waals surface area contributed by atoms with Crippen LogP contribution in [-0.2, 0) is 0 Å². The second-order valence-corrected chi connectivity index (χ2v) is 5.69. The second-order valence-electron chi connectivity index (χ2n) is 5.69. The normalized spacial score (nSPS) is 11.2. The summed E-state index contributed by atoms with van der Waals surface area (Å²) in [5, 5.41) is 7.03. The zero-order chi connectivity index (χ0) is 18.4. The number of aromatic nitrogens is 1. The number of aryl methyl sites for hydroxylation is 1. The minimum absolute atomic E-state index is 0.139. The molecule has 0 atom stereocenters. The van der Waals surface area contributed by atoms with Crippen LogP contribution >= 0.6 is 0 Å². The first kappa shape index (κ1) is 17.5. The highest BCUT2D eigenvalue weighted by atomic mass is 16.5. The maximum Gasteiger partial charge on any atom is 0.198 e. The fraction of sp³-hybridized carbons (Fsp3) is 0.143. The molecule has 0 spiro atoms. The Hall–Kier alpha value is -3.34. The van der Waals surface area contributed by atoms with Crippen molar-refractivity contribution in [1.82, 2.24) is 5.16 Å². The van der Waals surface area contributed by atoms with E-state index in [0.717, 1.165) is 11.4 Å². The van der Waals surface area contributed by atoms with Gasteiger partial charge in [-0.25, -0.2) is 0 Å². The lowest BCUT2D eigenvalue weighted by Gasteiger charge is -2.07. The third kappa shape index (κ3) is 4.19. The molecule has 132 valence electrons. The molecule has 0 aliphatic carbocycles. The number of anilines is 1. The number of carbonyl (C=O) groups is 1. The molecule has 5 heteroatoms. The van der Waals surface area contributed by atoms with Crippen LogP contribution in [0.1, 0.15) is 28.7 Å². The molecule has 3 aromatic rings. The smallest absolute Gasteiger partial charge is 0.198 e. The van der Waals surface area contributed by atoms with E-state index in [-0.39, 0.29) is 5.78 Å². The molecule has 0 unspecified atom stereocenters. The van der Waals surface area contributed by atoms with Crippen LogP contribution in [-0.4, -0.2) is 17.5 Å². The maximum absolute atomic E-state index is 12.9. The third-order valence-electron chi connectivity index (χ3n) is 3.72. The molecule has 26 heavy (non-hydrogen) atoms. The van der Waals surface area contributed by atoms with Gasteiger partial charge in [-0.05, 0) is 38.1 Å². The summed E-state index contributed by atoms with van der Waals surface area (Å²) in [6, 6.07) is 18.3. The highest BCUT2D eigenvalue weighted by Gasteiger charge is 2.18. The second kappa shape index (κ2) is 8.16. The fourth-order valence-corrected chi connectivity index (χ4v) is 2.45. The lowest BCUT2D eigenvalue weighted by molar-refractivity contribution is 0.105. The lowest BCUT2D eigenvalue weighted by atomic mass is 10.0. The van der Waals surface area contributed by atoms with E-state index in [4.69, 9.17) is 9.26 Å². The van der Waals surface area contributed by atoms with Gasteiger partial charge in [-0.2, -0.15) is 0 Å². The van der Waals surface area contributed by atoms with Gasteiger partial charge in [-0.1, -0.05) is 35.5 Å². The Labute approximate surface area is 152 Å². The molecular weight excluding hydrogens is 328 g/mol. The van der Waals surface area contributed by atoms with Crippen molar-refractivity contribution in [2.45, 2.75) is 13.8 Å². The van der Waals surface area contributed by atoms with Gasteiger partial charge in [0.2, 0.25) is 0 Å². The fourth-order valence-electron chi connectivity index (χ4n) is 2.45. The van der Waals surface area contributed by atoms with Gasteiger partial charge in [0.15, 0.2) is 11.5 Å². The summed E-state index contributed by atoms with van der Waals surface area (Å²) in [5.41, 5.74) is 2.54. The van der Waals surface area contributed by atoms with Crippen molar-refractivity contribution in [1.29, 1.82) is 0 Å². The average molecular weight is 348 g/mol. The van der Waals surface area contributed by atoms with Gasteiger partial charge in [0.05, 0.1) is 17.9 Å². The number of nitrogens with zero attached hydrogens (tertiary/aromatic N) is 1. The van der Waals surface area contributed by atoms with Crippen molar-refractivity contribution in [2.75, 3.05) is 11.9 Å². The van der Waals surface area contributed by atoms with Gasteiger partial charge in [-0.3, -0.25) is 4.79 Å². The van der Waals surface area contributed by atoms with Crippen molar-refractivity contribution in [2.24, 2.45) is 0 Å². The van der Waals surface area contributed by atoms with E-state index in [9.17, 15) is 4.79 Å². The van der Waals surface area contributed by atoms with E-state index in [2.05, 4.69) is 10.5 Å². The van der Waals surface area contributed by atoms with Crippen molar-refractivity contribution in [3.63, 3.8) is 0 Å². The number of benzene rings is 2. The van der Waals surface area contributed by atoms with E-state index in [1.807, 2.05) is 56.3 Å². The number of ether oxygens (including phenoxy) is 1. The van der Waals surface area contributed by atoms with Crippen LogP contribution in [0, 0.1) is 6.92 Å². The van der Waals surface area contributed by atoms with Gasteiger partial charge in [0.25, 0.3) is 0 Å². The van der Waals surface area contributed by atoms with Crippen molar-refractivity contribution in [3.05, 3.63) is 83.9 Å². The Balaban J connectivity index is 1.87. The molecule has 1 N–H and O–H groups in total. The summed E-state index contributed by atoms with van der Waals surface area (Å²) in [6.07, 6.45) is 1.64. The number of allylic oxidation sites excluding steroid dienone is 1. The van der Waals surface area contributed by atoms with Crippen molar-refractivity contribution < 1.29 is 14.1 Å². The first-order valence-corrected chi connectivity index (χ1v) is 8.40. The summed E-state index contributed by atoms with van der Waals surface area (Å²) in [5.74, 6) is 1.09. The summed E-state index contributed by atoms with van der Waals surface area (Å²) < 4.78 is 10.7. The largest absolute Gasteiger partial charge is 0.494 e. The van der Waals surface area contributed by atoms with Gasteiger partial charge in [0, 0.05) is 23.5 Å². The summed E-state index contributed by atoms with van der Waals surface area (Å²) in [7, 11) is 0. The van der Waals surface area contributed by atoms with Crippen LogP contribution in [0.2, 0.25) is 0 Å². The number of Topliss-reactive ketones (excluding diaryl/α,β-unsaturated/α-hetero) is 1. The van der Waals surface area contributed by atoms with Gasteiger partial charge >= 0.3 is 0 Å². The van der Waals surface area contributed by atoms with Gasteiger partial charge in [-0.15, -0.1) is 0 Å². The summed E-state index contributed by atoms with van der Waals surface area (Å²) in [6.45, 7) is 4.38. The molecule has 5 nitrogen and oxygen atoms in total.